The van der Waals surface area contributed by atoms with Crippen LogP contribution in [0, 0.1) is 0 Å². The van der Waals surface area contributed by atoms with Crippen LogP contribution in [0.2, 0.25) is 0 Å². The minimum absolute atomic E-state index is 0.120. The van der Waals surface area contributed by atoms with Crippen LogP contribution in [0.4, 0.5) is 0 Å². The number of benzene rings is 1. The summed E-state index contributed by atoms with van der Waals surface area (Å²) < 4.78 is 26.8. The molecule has 0 aliphatic rings. The fourth-order valence-electron chi connectivity index (χ4n) is 1.74. The normalized spacial score (nSPS) is 11.5. The highest BCUT2D eigenvalue weighted by molar-refractivity contribution is 7.89. The number of rotatable bonds is 7. The quantitative estimate of drug-likeness (QED) is 0.799. The topological polar surface area (TPSA) is 84.0 Å². The molecule has 0 aliphatic carbocycles. The van der Waals surface area contributed by atoms with Crippen molar-refractivity contribution < 1.29 is 8.42 Å². The molecule has 6 nitrogen and oxygen atoms in total. The van der Waals surface area contributed by atoms with E-state index in [2.05, 4.69) is 20.2 Å². The van der Waals surface area contributed by atoms with Gasteiger partial charge < -0.3 is 5.32 Å². The monoisotopic (exact) mass is 306 g/mol. The standard InChI is InChI=1S/C14H18N4O2S/c1-2-15-10-12-5-7-14(8-6-12)21(19,20)17-11-13-4-3-9-16-18-13/h3-9,15,17H,2,10-11H2,1H3. The van der Waals surface area contributed by atoms with Crippen molar-refractivity contribution in [2.24, 2.45) is 0 Å². The van der Waals surface area contributed by atoms with Gasteiger partial charge in [-0.25, -0.2) is 13.1 Å². The lowest BCUT2D eigenvalue weighted by Crippen LogP contribution is -2.24. The lowest BCUT2D eigenvalue weighted by molar-refractivity contribution is 0.580. The zero-order valence-electron chi connectivity index (χ0n) is 11.8. The molecule has 2 N–H and O–H groups in total. The van der Waals surface area contributed by atoms with Gasteiger partial charge in [0.15, 0.2) is 0 Å². The Labute approximate surface area is 124 Å². The Bertz CT molecular complexity index is 657. The maximum absolute atomic E-state index is 12.2. The van der Waals surface area contributed by atoms with Crippen molar-refractivity contribution in [3.8, 4) is 0 Å². The first kappa shape index (κ1) is 15.6. The van der Waals surface area contributed by atoms with Gasteiger partial charge in [0, 0.05) is 12.7 Å². The summed E-state index contributed by atoms with van der Waals surface area (Å²) in [5, 5.41) is 10.7. The predicted molar refractivity (Wildman–Crippen MR) is 79.9 cm³/mol. The van der Waals surface area contributed by atoms with E-state index in [1.165, 1.54) is 0 Å². The molecule has 0 atom stereocenters. The Balaban J connectivity index is 2.02. The van der Waals surface area contributed by atoms with Crippen LogP contribution in [0.25, 0.3) is 0 Å². The van der Waals surface area contributed by atoms with Gasteiger partial charge in [0.2, 0.25) is 10.0 Å². The van der Waals surface area contributed by atoms with E-state index in [0.717, 1.165) is 18.7 Å². The highest BCUT2D eigenvalue weighted by Gasteiger charge is 2.13. The lowest BCUT2D eigenvalue weighted by Gasteiger charge is -2.07. The van der Waals surface area contributed by atoms with Gasteiger partial charge >= 0.3 is 0 Å². The highest BCUT2D eigenvalue weighted by Crippen LogP contribution is 2.11. The first-order valence-corrected chi connectivity index (χ1v) is 8.16. The van der Waals surface area contributed by atoms with Crippen LogP contribution < -0.4 is 10.0 Å². The van der Waals surface area contributed by atoms with Gasteiger partial charge in [-0.1, -0.05) is 19.1 Å². The van der Waals surface area contributed by atoms with E-state index in [0.29, 0.717) is 5.69 Å². The molecule has 1 aromatic carbocycles. The largest absolute Gasteiger partial charge is 0.313 e. The van der Waals surface area contributed by atoms with Crippen LogP contribution in [-0.2, 0) is 23.1 Å². The number of aromatic nitrogens is 2. The van der Waals surface area contributed by atoms with Crippen molar-refractivity contribution in [1.29, 1.82) is 0 Å². The molecule has 112 valence electrons. The van der Waals surface area contributed by atoms with Crippen molar-refractivity contribution in [2.45, 2.75) is 24.9 Å². The second-order valence-corrected chi connectivity index (χ2v) is 6.23. The summed E-state index contributed by atoms with van der Waals surface area (Å²) in [6.07, 6.45) is 1.54. The van der Waals surface area contributed by atoms with Gasteiger partial charge in [-0.3, -0.25) is 0 Å². The number of nitrogens with zero attached hydrogens (tertiary/aromatic N) is 2. The van der Waals surface area contributed by atoms with Gasteiger partial charge in [0.1, 0.15) is 0 Å². The molecule has 0 bridgehead atoms. The van der Waals surface area contributed by atoms with Crippen LogP contribution in [0.3, 0.4) is 0 Å². The smallest absolute Gasteiger partial charge is 0.240 e. The zero-order chi connectivity index (χ0) is 15.1. The van der Waals surface area contributed by atoms with Gasteiger partial charge in [0.25, 0.3) is 0 Å². The summed E-state index contributed by atoms with van der Waals surface area (Å²) in [5.74, 6) is 0. The lowest BCUT2D eigenvalue weighted by atomic mass is 10.2. The van der Waals surface area contributed by atoms with E-state index in [1.807, 2.05) is 6.92 Å². The van der Waals surface area contributed by atoms with Crippen molar-refractivity contribution in [1.82, 2.24) is 20.2 Å². The molecule has 1 heterocycles. The molecule has 0 saturated carbocycles. The summed E-state index contributed by atoms with van der Waals surface area (Å²) in [6.45, 7) is 3.74. The molecule has 1 aromatic heterocycles. The molecule has 0 spiro atoms. The SMILES string of the molecule is CCNCc1ccc(S(=O)(=O)NCc2cccnn2)cc1. The second kappa shape index (κ2) is 7.26. The molecule has 21 heavy (non-hydrogen) atoms. The van der Waals surface area contributed by atoms with Crippen molar-refractivity contribution in [3.63, 3.8) is 0 Å². The third-order valence-corrected chi connectivity index (χ3v) is 4.30. The summed E-state index contributed by atoms with van der Waals surface area (Å²) in [6, 6.07) is 10.2. The molecule has 0 aliphatic heterocycles. The Morgan fingerprint density at radius 2 is 1.86 bits per heavy atom. The van der Waals surface area contributed by atoms with Gasteiger partial charge in [-0.15, -0.1) is 0 Å². The molecule has 2 aromatic rings. The average Bonchev–Trinajstić information content (AvgIpc) is 2.52. The van der Waals surface area contributed by atoms with Crippen LogP contribution in [0.15, 0.2) is 47.5 Å². The first-order chi connectivity index (χ1) is 10.1. The van der Waals surface area contributed by atoms with Crippen molar-refractivity contribution >= 4 is 10.0 Å². The Morgan fingerprint density at radius 3 is 2.48 bits per heavy atom. The summed E-state index contributed by atoms with van der Waals surface area (Å²) in [4.78, 5) is 0.242. The predicted octanol–water partition coefficient (Wildman–Crippen LogP) is 1.06. The Kier molecular flexibility index (Phi) is 5.38. The molecule has 0 saturated heterocycles. The van der Waals surface area contributed by atoms with Crippen molar-refractivity contribution in [3.05, 3.63) is 53.9 Å². The molecule has 0 amide bonds. The third kappa shape index (κ3) is 4.59. The number of hydrogen-bond acceptors (Lipinski definition) is 5. The fraction of sp³-hybridized carbons (Fsp3) is 0.286. The summed E-state index contributed by atoms with van der Waals surface area (Å²) >= 11 is 0. The highest BCUT2D eigenvalue weighted by atomic mass is 32.2. The molecule has 0 unspecified atom stereocenters. The van der Waals surface area contributed by atoms with E-state index in [-0.39, 0.29) is 11.4 Å². The van der Waals surface area contributed by atoms with E-state index in [9.17, 15) is 8.42 Å². The fourth-order valence-corrected chi connectivity index (χ4v) is 2.73. The molecular weight excluding hydrogens is 288 g/mol. The van der Waals surface area contributed by atoms with E-state index in [1.54, 1.807) is 42.6 Å². The van der Waals surface area contributed by atoms with Crippen LogP contribution in [-0.4, -0.2) is 25.2 Å². The van der Waals surface area contributed by atoms with Crippen LogP contribution >= 0.6 is 0 Å². The van der Waals surface area contributed by atoms with Gasteiger partial charge in [0.05, 0.1) is 17.1 Å². The Hall–Kier alpha value is -1.83. The second-order valence-electron chi connectivity index (χ2n) is 4.46. The van der Waals surface area contributed by atoms with Crippen LogP contribution in [0.1, 0.15) is 18.2 Å². The first-order valence-electron chi connectivity index (χ1n) is 6.67. The van der Waals surface area contributed by atoms with E-state index >= 15 is 0 Å². The maximum Gasteiger partial charge on any atom is 0.240 e. The van der Waals surface area contributed by atoms with Crippen molar-refractivity contribution in [2.75, 3.05) is 6.54 Å². The number of nitrogens with one attached hydrogen (secondary N) is 2. The minimum Gasteiger partial charge on any atom is -0.313 e. The van der Waals surface area contributed by atoms with E-state index < -0.39 is 10.0 Å². The summed E-state index contributed by atoms with van der Waals surface area (Å²) in [5.41, 5.74) is 1.62. The van der Waals surface area contributed by atoms with Gasteiger partial charge in [-0.05, 0) is 36.4 Å². The maximum atomic E-state index is 12.2. The Morgan fingerprint density at radius 1 is 1.10 bits per heavy atom. The molecule has 2 rings (SSSR count). The number of hydrogen-bond donors (Lipinski definition) is 2. The zero-order valence-corrected chi connectivity index (χ0v) is 12.6. The molecule has 7 heteroatoms. The molecular formula is C14H18N4O2S. The minimum atomic E-state index is -3.53. The van der Waals surface area contributed by atoms with Gasteiger partial charge in [-0.2, -0.15) is 10.2 Å². The molecule has 0 radical (unpaired) electrons. The average molecular weight is 306 g/mol. The number of sulfonamides is 1. The molecule has 0 fully saturated rings. The van der Waals surface area contributed by atoms with E-state index in [4.69, 9.17) is 0 Å². The van der Waals surface area contributed by atoms with Crippen LogP contribution in [0.5, 0.6) is 0 Å². The third-order valence-electron chi connectivity index (χ3n) is 2.88. The summed E-state index contributed by atoms with van der Waals surface area (Å²) in [7, 11) is -3.53.